The topological polar surface area (TPSA) is 23.5 Å². The summed E-state index contributed by atoms with van der Waals surface area (Å²) < 4.78 is 0. The molecule has 106 valence electrons. The number of benzene rings is 1. The highest BCUT2D eigenvalue weighted by Gasteiger charge is 2.17. The Bertz CT molecular complexity index is 363. The Morgan fingerprint density at radius 2 is 1.68 bits per heavy atom. The molecule has 1 N–H and O–H groups in total. The molecule has 0 unspecified atom stereocenters. The Morgan fingerprint density at radius 1 is 1.11 bits per heavy atom. The molecule has 0 aliphatic heterocycles. The van der Waals surface area contributed by atoms with Crippen LogP contribution in [0.15, 0.2) is 24.3 Å². The van der Waals surface area contributed by atoms with Gasteiger partial charge in [-0.05, 0) is 43.0 Å². The normalized spacial score (nSPS) is 18.1. The van der Waals surface area contributed by atoms with E-state index in [4.69, 9.17) is 0 Å². The van der Waals surface area contributed by atoms with Crippen molar-refractivity contribution in [3.63, 3.8) is 0 Å². The van der Waals surface area contributed by atoms with Crippen LogP contribution in [0.1, 0.15) is 62.7 Å². The van der Waals surface area contributed by atoms with Crippen LogP contribution in [0, 0.1) is 0 Å². The summed E-state index contributed by atoms with van der Waals surface area (Å²) in [6.45, 7) is 7.00. The molecule has 1 aliphatic carbocycles. The molecule has 0 heterocycles. The summed E-state index contributed by atoms with van der Waals surface area (Å²) in [4.78, 5) is 2.26. The van der Waals surface area contributed by atoms with Crippen LogP contribution >= 0.6 is 0 Å². The molecule has 1 aromatic carbocycles. The first-order chi connectivity index (χ1) is 9.24. The first kappa shape index (κ1) is 14.5. The molecule has 0 amide bonds. The number of hydrogen-bond acceptors (Lipinski definition) is 2. The summed E-state index contributed by atoms with van der Waals surface area (Å²) in [7, 11) is 0. The summed E-state index contributed by atoms with van der Waals surface area (Å²) in [6.07, 6.45) is 5.05. The van der Waals surface area contributed by atoms with E-state index in [2.05, 4.69) is 43.0 Å². The Kier molecular flexibility index (Phi) is 5.41. The lowest BCUT2D eigenvalue weighted by Crippen LogP contribution is -2.28. The van der Waals surface area contributed by atoms with Crippen LogP contribution < -0.4 is 0 Å². The third-order valence-electron chi connectivity index (χ3n) is 4.47. The third kappa shape index (κ3) is 3.80. The Balaban J connectivity index is 1.97. The van der Waals surface area contributed by atoms with Crippen molar-refractivity contribution in [1.29, 1.82) is 0 Å². The molecular weight excluding hydrogens is 234 g/mol. The van der Waals surface area contributed by atoms with Gasteiger partial charge in [-0.15, -0.1) is 0 Å². The molecule has 1 aromatic rings. The molecule has 0 bridgehead atoms. The summed E-state index contributed by atoms with van der Waals surface area (Å²) in [5, 5.41) is 10.3. The van der Waals surface area contributed by atoms with Crippen LogP contribution in [0.25, 0.3) is 0 Å². The molecule has 1 atom stereocenters. The zero-order chi connectivity index (χ0) is 13.7. The highest BCUT2D eigenvalue weighted by molar-refractivity contribution is 5.27. The lowest BCUT2D eigenvalue weighted by Gasteiger charge is -2.22. The van der Waals surface area contributed by atoms with Crippen molar-refractivity contribution in [3.8, 4) is 0 Å². The number of rotatable bonds is 6. The van der Waals surface area contributed by atoms with Gasteiger partial charge >= 0.3 is 0 Å². The fourth-order valence-corrected chi connectivity index (χ4v) is 3.08. The molecule has 0 saturated heterocycles. The van der Waals surface area contributed by atoms with E-state index < -0.39 is 0 Å². The van der Waals surface area contributed by atoms with Gasteiger partial charge in [-0.1, -0.05) is 51.0 Å². The summed E-state index contributed by atoms with van der Waals surface area (Å²) in [5.41, 5.74) is 2.50. The van der Waals surface area contributed by atoms with E-state index in [0.29, 0.717) is 0 Å². The van der Waals surface area contributed by atoms with E-state index in [1.165, 1.54) is 31.2 Å². The van der Waals surface area contributed by atoms with Gasteiger partial charge in [0.05, 0.1) is 6.10 Å². The van der Waals surface area contributed by atoms with E-state index in [0.717, 1.165) is 31.1 Å². The van der Waals surface area contributed by atoms with Gasteiger partial charge in [-0.25, -0.2) is 0 Å². The third-order valence-corrected chi connectivity index (χ3v) is 4.47. The number of likely N-dealkylation sites (N-methyl/N-ethyl adjacent to an activating group) is 1. The van der Waals surface area contributed by atoms with Crippen molar-refractivity contribution in [2.45, 2.75) is 51.6 Å². The first-order valence-corrected chi connectivity index (χ1v) is 7.74. The number of nitrogens with zero attached hydrogens (tertiary/aromatic N) is 1. The van der Waals surface area contributed by atoms with Gasteiger partial charge in [-0.3, -0.25) is 0 Å². The van der Waals surface area contributed by atoms with Crippen molar-refractivity contribution in [2.24, 2.45) is 0 Å². The lowest BCUT2D eigenvalue weighted by atomic mass is 9.95. The van der Waals surface area contributed by atoms with Crippen LogP contribution in [-0.2, 0) is 0 Å². The van der Waals surface area contributed by atoms with Crippen LogP contribution in [0.5, 0.6) is 0 Å². The zero-order valence-electron chi connectivity index (χ0n) is 12.3. The maximum absolute atomic E-state index is 10.3. The maximum Gasteiger partial charge on any atom is 0.0916 e. The van der Waals surface area contributed by atoms with Gasteiger partial charge in [0.25, 0.3) is 0 Å². The summed E-state index contributed by atoms with van der Waals surface area (Å²) >= 11 is 0. The smallest absolute Gasteiger partial charge is 0.0916 e. The van der Waals surface area contributed by atoms with Crippen molar-refractivity contribution in [1.82, 2.24) is 4.90 Å². The molecule has 19 heavy (non-hydrogen) atoms. The van der Waals surface area contributed by atoms with Gasteiger partial charge in [-0.2, -0.15) is 0 Å². The van der Waals surface area contributed by atoms with Crippen molar-refractivity contribution in [3.05, 3.63) is 35.4 Å². The van der Waals surface area contributed by atoms with Gasteiger partial charge in [0.1, 0.15) is 0 Å². The average Bonchev–Trinajstić information content (AvgIpc) is 2.99. The minimum atomic E-state index is -0.363. The second-order valence-electron chi connectivity index (χ2n) is 5.65. The lowest BCUT2D eigenvalue weighted by molar-refractivity contribution is 0.119. The van der Waals surface area contributed by atoms with Gasteiger partial charge in [0.2, 0.25) is 0 Å². The summed E-state index contributed by atoms with van der Waals surface area (Å²) in [6, 6.07) is 8.66. The predicted molar refractivity (Wildman–Crippen MR) is 80.4 cm³/mol. The summed E-state index contributed by atoms with van der Waals surface area (Å²) in [5.74, 6) is 0.758. The molecule has 2 nitrogen and oxygen atoms in total. The maximum atomic E-state index is 10.3. The van der Waals surface area contributed by atoms with E-state index in [-0.39, 0.29) is 6.10 Å². The number of aliphatic hydroxyl groups excluding tert-OH is 1. The molecular formula is C17H27NO. The minimum absolute atomic E-state index is 0.363. The van der Waals surface area contributed by atoms with E-state index in [9.17, 15) is 5.11 Å². The number of hydrogen-bond donors (Lipinski definition) is 1. The Labute approximate surface area is 117 Å². The Hall–Kier alpha value is -0.860. The van der Waals surface area contributed by atoms with Gasteiger partial charge in [0.15, 0.2) is 0 Å². The first-order valence-electron chi connectivity index (χ1n) is 7.74. The second-order valence-corrected chi connectivity index (χ2v) is 5.65. The molecule has 0 radical (unpaired) electrons. The SMILES string of the molecule is CCN(CC)C[C@H](O)c1ccc(C2CCCC2)cc1. The van der Waals surface area contributed by atoms with Crippen LogP contribution in [-0.4, -0.2) is 29.6 Å². The molecule has 2 heteroatoms. The van der Waals surface area contributed by atoms with Crippen molar-refractivity contribution >= 4 is 0 Å². The molecule has 1 saturated carbocycles. The van der Waals surface area contributed by atoms with Gasteiger partial charge < -0.3 is 10.0 Å². The Morgan fingerprint density at radius 3 is 2.21 bits per heavy atom. The molecule has 0 spiro atoms. The van der Waals surface area contributed by atoms with Gasteiger partial charge in [0, 0.05) is 6.54 Å². The second kappa shape index (κ2) is 7.06. The molecule has 1 aliphatic rings. The predicted octanol–water partition coefficient (Wildman–Crippen LogP) is 3.72. The quantitative estimate of drug-likeness (QED) is 0.843. The molecule has 2 rings (SSSR count). The average molecular weight is 261 g/mol. The van der Waals surface area contributed by atoms with E-state index >= 15 is 0 Å². The fraction of sp³-hybridized carbons (Fsp3) is 0.647. The standard InChI is InChI=1S/C17H27NO/c1-3-18(4-2)13-17(19)16-11-9-15(10-12-16)14-7-5-6-8-14/h9-12,14,17,19H,3-8,13H2,1-2H3/t17-/m0/s1. The van der Waals surface area contributed by atoms with Crippen LogP contribution in [0.3, 0.4) is 0 Å². The van der Waals surface area contributed by atoms with E-state index in [1.807, 2.05) is 0 Å². The number of aliphatic hydroxyl groups is 1. The van der Waals surface area contributed by atoms with E-state index in [1.54, 1.807) is 0 Å². The van der Waals surface area contributed by atoms with Crippen LogP contribution in [0.2, 0.25) is 0 Å². The van der Waals surface area contributed by atoms with Crippen molar-refractivity contribution in [2.75, 3.05) is 19.6 Å². The minimum Gasteiger partial charge on any atom is -0.387 e. The fourth-order valence-electron chi connectivity index (χ4n) is 3.08. The zero-order valence-corrected chi connectivity index (χ0v) is 12.3. The largest absolute Gasteiger partial charge is 0.387 e. The molecule has 1 fully saturated rings. The van der Waals surface area contributed by atoms with Crippen molar-refractivity contribution < 1.29 is 5.11 Å². The highest BCUT2D eigenvalue weighted by Crippen LogP contribution is 2.34. The van der Waals surface area contributed by atoms with Crippen LogP contribution in [0.4, 0.5) is 0 Å². The monoisotopic (exact) mass is 261 g/mol. The molecule has 0 aromatic heterocycles. The highest BCUT2D eigenvalue weighted by atomic mass is 16.3.